The number of hydrogen-bond donors (Lipinski definition) is 2. The zero-order chi connectivity index (χ0) is 16.0. The molecule has 0 aromatic heterocycles. The molecule has 1 atom stereocenters. The van der Waals surface area contributed by atoms with Crippen LogP contribution in [0.3, 0.4) is 0 Å². The van der Waals surface area contributed by atoms with E-state index < -0.39 is 0 Å². The highest BCUT2D eigenvalue weighted by molar-refractivity contribution is 6.42. The fraction of sp³-hybridized carbons (Fsp3) is 0.625. The van der Waals surface area contributed by atoms with Crippen LogP contribution in [0.1, 0.15) is 52.1 Å². The summed E-state index contributed by atoms with van der Waals surface area (Å²) < 4.78 is 0. The van der Waals surface area contributed by atoms with Crippen LogP contribution in [0, 0.1) is 0 Å². The highest BCUT2D eigenvalue weighted by Gasteiger charge is 2.40. The topological polar surface area (TPSA) is 41.3 Å². The maximum atomic E-state index is 6.18. The summed E-state index contributed by atoms with van der Waals surface area (Å²) in [6.07, 6.45) is 2.00. The van der Waals surface area contributed by atoms with Gasteiger partial charge in [-0.15, -0.1) is 0 Å². The first-order valence-electron chi connectivity index (χ1n) is 7.66. The lowest BCUT2D eigenvalue weighted by atomic mass is 9.79. The summed E-state index contributed by atoms with van der Waals surface area (Å²) in [7, 11) is 0. The Labute approximate surface area is 138 Å². The van der Waals surface area contributed by atoms with Crippen LogP contribution >= 0.6 is 23.2 Å². The van der Waals surface area contributed by atoms with Gasteiger partial charge in [0.15, 0.2) is 0 Å². The summed E-state index contributed by atoms with van der Waals surface area (Å²) in [5.41, 5.74) is 4.04. The predicted molar refractivity (Wildman–Crippen MR) is 92.8 cm³/mol. The van der Waals surface area contributed by atoms with E-state index in [9.17, 15) is 0 Å². The molecular weight excluding hydrogens is 305 g/mol. The van der Waals surface area contributed by atoms with E-state index in [1.807, 2.05) is 18.2 Å². The van der Waals surface area contributed by atoms with Crippen molar-refractivity contribution in [2.24, 2.45) is 5.84 Å². The molecule has 0 aliphatic carbocycles. The summed E-state index contributed by atoms with van der Waals surface area (Å²) in [6, 6.07) is 5.75. The zero-order valence-corrected chi connectivity index (χ0v) is 14.9. The van der Waals surface area contributed by atoms with Gasteiger partial charge < -0.3 is 0 Å². The molecule has 0 radical (unpaired) electrons. The summed E-state index contributed by atoms with van der Waals surface area (Å²) in [5, 5.41) is 1.13. The summed E-state index contributed by atoms with van der Waals surface area (Å²) in [5.74, 6) is 5.92. The highest BCUT2D eigenvalue weighted by atomic mass is 35.5. The number of hydrogen-bond acceptors (Lipinski definition) is 3. The minimum absolute atomic E-state index is 0.00201. The lowest BCUT2D eigenvalue weighted by Gasteiger charge is -2.48. The first kappa shape index (κ1) is 18.7. The first-order valence-corrected chi connectivity index (χ1v) is 8.42. The molecule has 0 saturated heterocycles. The molecule has 0 aliphatic heterocycles. The Bertz CT molecular complexity index is 443. The fourth-order valence-corrected chi connectivity index (χ4v) is 3.70. The van der Waals surface area contributed by atoms with E-state index in [1.54, 1.807) is 0 Å². The molecule has 0 heterocycles. The number of halogens is 2. The van der Waals surface area contributed by atoms with Crippen molar-refractivity contribution in [2.45, 2.75) is 52.1 Å². The Morgan fingerprint density at radius 2 is 1.67 bits per heavy atom. The largest absolute Gasteiger partial charge is 0.296 e. The number of nitrogens with zero attached hydrogens (tertiary/aromatic N) is 1. The third-order valence-electron chi connectivity index (χ3n) is 4.60. The summed E-state index contributed by atoms with van der Waals surface area (Å²) >= 11 is 12.2. The van der Waals surface area contributed by atoms with Gasteiger partial charge in [-0.05, 0) is 43.6 Å². The molecule has 1 aromatic rings. The first-order chi connectivity index (χ1) is 10.00. The van der Waals surface area contributed by atoms with Crippen LogP contribution in [0.15, 0.2) is 18.2 Å². The Morgan fingerprint density at radius 3 is 2.05 bits per heavy atom. The molecule has 120 valence electrons. The van der Waals surface area contributed by atoms with Gasteiger partial charge >= 0.3 is 0 Å². The van der Waals surface area contributed by atoms with Gasteiger partial charge in [-0.2, -0.15) is 0 Å². The van der Waals surface area contributed by atoms with Crippen LogP contribution in [-0.4, -0.2) is 23.5 Å². The number of nitrogens with two attached hydrogens (primary N) is 1. The smallest absolute Gasteiger partial charge is 0.0644 e. The number of nitrogens with one attached hydrogen (secondary N) is 1. The molecule has 1 unspecified atom stereocenters. The van der Waals surface area contributed by atoms with Gasteiger partial charge in [0.1, 0.15) is 0 Å². The van der Waals surface area contributed by atoms with Gasteiger partial charge in [-0.3, -0.25) is 16.2 Å². The average molecular weight is 332 g/mol. The highest BCUT2D eigenvalue weighted by Crippen LogP contribution is 2.38. The van der Waals surface area contributed by atoms with Crippen molar-refractivity contribution in [3.63, 3.8) is 0 Å². The maximum absolute atomic E-state index is 6.18. The van der Waals surface area contributed by atoms with Crippen LogP contribution in [0.25, 0.3) is 0 Å². The number of benzene rings is 1. The normalized spacial score (nSPS) is 13.7. The van der Waals surface area contributed by atoms with Crippen LogP contribution < -0.4 is 11.3 Å². The molecule has 0 fully saturated rings. The number of likely N-dealkylation sites (N-methyl/N-ethyl adjacent to an activating group) is 1. The van der Waals surface area contributed by atoms with Crippen LogP contribution in [-0.2, 0) is 0 Å². The second kappa shape index (κ2) is 8.35. The Kier molecular flexibility index (Phi) is 7.45. The van der Waals surface area contributed by atoms with E-state index in [2.05, 4.69) is 38.0 Å². The van der Waals surface area contributed by atoms with Crippen molar-refractivity contribution < 1.29 is 0 Å². The van der Waals surface area contributed by atoms with Crippen molar-refractivity contribution in [1.29, 1.82) is 0 Å². The van der Waals surface area contributed by atoms with E-state index in [0.717, 1.165) is 31.5 Å². The van der Waals surface area contributed by atoms with E-state index in [-0.39, 0.29) is 11.6 Å². The Balaban J connectivity index is 3.33. The van der Waals surface area contributed by atoms with Crippen LogP contribution in [0.2, 0.25) is 10.0 Å². The molecular formula is C16H27Cl2N3. The number of rotatable bonds is 8. The quantitative estimate of drug-likeness (QED) is 0.548. The van der Waals surface area contributed by atoms with Crippen molar-refractivity contribution in [1.82, 2.24) is 10.3 Å². The van der Waals surface area contributed by atoms with Gasteiger partial charge in [-0.25, -0.2) is 0 Å². The second-order valence-corrected chi connectivity index (χ2v) is 6.07. The van der Waals surface area contributed by atoms with Gasteiger partial charge in [0.25, 0.3) is 0 Å². The average Bonchev–Trinajstić information content (AvgIpc) is 2.50. The minimum Gasteiger partial charge on any atom is -0.296 e. The van der Waals surface area contributed by atoms with Gasteiger partial charge in [0, 0.05) is 5.54 Å². The predicted octanol–water partition coefficient (Wildman–Crippen LogP) is 4.40. The minimum atomic E-state index is -0.0462. The Morgan fingerprint density at radius 1 is 1.10 bits per heavy atom. The van der Waals surface area contributed by atoms with E-state index in [1.165, 1.54) is 0 Å². The van der Waals surface area contributed by atoms with E-state index >= 15 is 0 Å². The van der Waals surface area contributed by atoms with Crippen molar-refractivity contribution in [3.8, 4) is 0 Å². The zero-order valence-electron chi connectivity index (χ0n) is 13.4. The molecule has 0 amide bonds. The van der Waals surface area contributed by atoms with Crippen molar-refractivity contribution in [2.75, 3.05) is 13.1 Å². The molecule has 0 aliphatic rings. The molecule has 5 heteroatoms. The molecule has 0 saturated carbocycles. The van der Waals surface area contributed by atoms with E-state index in [4.69, 9.17) is 29.0 Å². The summed E-state index contributed by atoms with van der Waals surface area (Å²) in [6.45, 7) is 10.8. The monoisotopic (exact) mass is 331 g/mol. The molecule has 1 aromatic carbocycles. The second-order valence-electron chi connectivity index (χ2n) is 5.26. The van der Waals surface area contributed by atoms with Gasteiger partial charge in [0.05, 0.1) is 16.1 Å². The molecule has 3 nitrogen and oxygen atoms in total. The Hall–Kier alpha value is -0.320. The molecule has 3 N–H and O–H groups in total. The van der Waals surface area contributed by atoms with Crippen molar-refractivity contribution in [3.05, 3.63) is 33.8 Å². The van der Waals surface area contributed by atoms with E-state index in [0.29, 0.717) is 10.0 Å². The fourth-order valence-electron chi connectivity index (χ4n) is 3.39. The molecule has 0 bridgehead atoms. The standard InChI is InChI=1S/C16H27Cl2N3/c1-5-16(6-2,21(7-3)8-4)15(20-19)12-9-10-13(17)14(18)11-12/h9-11,15,20H,5-8,19H2,1-4H3. The van der Waals surface area contributed by atoms with Crippen LogP contribution in [0.5, 0.6) is 0 Å². The van der Waals surface area contributed by atoms with Gasteiger partial charge in [0.2, 0.25) is 0 Å². The van der Waals surface area contributed by atoms with Gasteiger partial charge in [-0.1, -0.05) is 57.0 Å². The molecule has 1 rings (SSSR count). The van der Waals surface area contributed by atoms with Crippen molar-refractivity contribution >= 4 is 23.2 Å². The third kappa shape index (κ3) is 3.72. The lowest BCUT2D eigenvalue weighted by molar-refractivity contribution is 0.0487. The molecule has 21 heavy (non-hydrogen) atoms. The van der Waals surface area contributed by atoms with Crippen LogP contribution in [0.4, 0.5) is 0 Å². The third-order valence-corrected chi connectivity index (χ3v) is 5.34. The maximum Gasteiger partial charge on any atom is 0.0644 e. The molecule has 0 spiro atoms. The summed E-state index contributed by atoms with van der Waals surface area (Å²) in [4.78, 5) is 2.47. The lowest BCUT2D eigenvalue weighted by Crippen LogP contribution is -2.57. The SMILES string of the molecule is CCN(CC)C(CC)(CC)C(NN)c1ccc(Cl)c(Cl)c1. The number of hydrazine groups is 1.